The Balaban J connectivity index is 2.26. The molecule has 1 amide bonds. The molecule has 1 aliphatic heterocycles. The van der Waals surface area contributed by atoms with Crippen LogP contribution in [0.2, 0.25) is 0 Å². The van der Waals surface area contributed by atoms with Gasteiger partial charge < -0.3 is 9.52 Å². The van der Waals surface area contributed by atoms with Crippen molar-refractivity contribution in [2.45, 2.75) is 25.8 Å². The van der Waals surface area contributed by atoms with Gasteiger partial charge in [-0.25, -0.2) is 4.79 Å². The topological polar surface area (TPSA) is 70.8 Å². The molecule has 0 spiro atoms. The van der Waals surface area contributed by atoms with Gasteiger partial charge >= 0.3 is 5.97 Å². The molecule has 0 bridgehead atoms. The minimum absolute atomic E-state index is 0.272. The molecule has 0 aliphatic carbocycles. The molecule has 1 aromatic rings. The Labute approximate surface area is 125 Å². The van der Waals surface area contributed by atoms with Gasteiger partial charge in [0.05, 0.1) is 11.2 Å². The second kappa shape index (κ2) is 6.23. The van der Waals surface area contributed by atoms with Crippen molar-refractivity contribution in [1.82, 2.24) is 4.90 Å². The lowest BCUT2D eigenvalue weighted by atomic mass is 10.1. The number of nitrogens with zero attached hydrogens (tertiary/aromatic N) is 1. The Bertz CT molecular complexity index is 565. The fourth-order valence-corrected chi connectivity index (χ4v) is 3.22. The zero-order valence-electron chi connectivity index (χ0n) is 10.7. The van der Waals surface area contributed by atoms with E-state index in [9.17, 15) is 14.7 Å². The maximum atomic E-state index is 12.3. The summed E-state index contributed by atoms with van der Waals surface area (Å²) in [7, 11) is 0. The average molecular weight is 311 g/mol. The van der Waals surface area contributed by atoms with Crippen molar-refractivity contribution in [2.75, 3.05) is 0 Å². The average Bonchev–Trinajstić information content (AvgIpc) is 2.98. The van der Waals surface area contributed by atoms with Crippen molar-refractivity contribution >= 4 is 46.3 Å². The molecule has 7 heteroatoms. The van der Waals surface area contributed by atoms with Crippen LogP contribution >= 0.6 is 24.0 Å². The summed E-state index contributed by atoms with van der Waals surface area (Å²) in [6.07, 6.45) is 4.11. The minimum Gasteiger partial charge on any atom is -0.480 e. The Morgan fingerprint density at radius 3 is 2.95 bits per heavy atom. The molecule has 20 heavy (non-hydrogen) atoms. The highest BCUT2D eigenvalue weighted by molar-refractivity contribution is 8.26. The number of carbonyl (C=O) groups excluding carboxylic acids is 1. The van der Waals surface area contributed by atoms with Crippen LogP contribution in [0.4, 0.5) is 0 Å². The number of amides is 1. The molecule has 0 aromatic carbocycles. The smallest absolute Gasteiger partial charge is 0.326 e. The van der Waals surface area contributed by atoms with Crippen molar-refractivity contribution in [3.63, 3.8) is 0 Å². The third-order valence-corrected chi connectivity index (χ3v) is 4.13. The van der Waals surface area contributed by atoms with Gasteiger partial charge in [0, 0.05) is 6.08 Å². The SMILES string of the molecule is CCCC(C(=O)O)N1C(=O)/C(=C\c2ccco2)SC1=S. The summed E-state index contributed by atoms with van der Waals surface area (Å²) in [6, 6.07) is 2.52. The van der Waals surface area contributed by atoms with E-state index in [1.165, 1.54) is 11.2 Å². The Kier molecular flexibility index (Phi) is 4.61. The lowest BCUT2D eigenvalue weighted by molar-refractivity contribution is -0.145. The van der Waals surface area contributed by atoms with Crippen LogP contribution in [-0.2, 0) is 9.59 Å². The van der Waals surface area contributed by atoms with E-state index in [-0.39, 0.29) is 10.2 Å². The summed E-state index contributed by atoms with van der Waals surface area (Å²) in [5, 5.41) is 9.24. The van der Waals surface area contributed by atoms with E-state index >= 15 is 0 Å². The first-order chi connectivity index (χ1) is 9.54. The normalized spacial score (nSPS) is 18.9. The first-order valence-electron chi connectivity index (χ1n) is 6.08. The molecule has 1 unspecified atom stereocenters. The molecule has 106 valence electrons. The summed E-state index contributed by atoms with van der Waals surface area (Å²) in [5.41, 5.74) is 0. The lowest BCUT2D eigenvalue weighted by Crippen LogP contribution is -2.43. The van der Waals surface area contributed by atoms with Crippen LogP contribution in [0, 0.1) is 0 Å². The number of rotatable bonds is 5. The number of carboxylic acids is 1. The highest BCUT2D eigenvalue weighted by atomic mass is 32.2. The van der Waals surface area contributed by atoms with Gasteiger partial charge in [-0.2, -0.15) is 0 Å². The maximum absolute atomic E-state index is 12.3. The molecular formula is C13H13NO4S2. The van der Waals surface area contributed by atoms with E-state index in [0.29, 0.717) is 23.5 Å². The van der Waals surface area contributed by atoms with Crippen molar-refractivity contribution in [2.24, 2.45) is 0 Å². The number of thiocarbonyl (C=S) groups is 1. The fourth-order valence-electron chi connectivity index (χ4n) is 1.89. The molecule has 1 N–H and O–H groups in total. The first-order valence-corrected chi connectivity index (χ1v) is 7.30. The van der Waals surface area contributed by atoms with Crippen molar-refractivity contribution in [1.29, 1.82) is 0 Å². The number of hydrogen-bond acceptors (Lipinski definition) is 5. The first kappa shape index (κ1) is 14.8. The van der Waals surface area contributed by atoms with Gasteiger partial charge in [0.25, 0.3) is 5.91 Å². The standard InChI is InChI=1S/C13H13NO4S2/c1-2-4-9(12(16)17)14-11(15)10(20-13(14)19)7-8-5-3-6-18-8/h3,5-7,9H,2,4H2,1H3,(H,16,17)/b10-7+. The zero-order chi connectivity index (χ0) is 14.7. The summed E-state index contributed by atoms with van der Waals surface area (Å²) in [4.78, 5) is 25.2. The van der Waals surface area contributed by atoms with Gasteiger partial charge in [0.15, 0.2) is 0 Å². The molecule has 2 rings (SSSR count). The molecule has 1 saturated heterocycles. The van der Waals surface area contributed by atoms with Gasteiger partial charge in [0.1, 0.15) is 16.1 Å². The Morgan fingerprint density at radius 1 is 1.65 bits per heavy atom. The predicted molar refractivity (Wildman–Crippen MR) is 80.1 cm³/mol. The number of carbonyl (C=O) groups is 2. The van der Waals surface area contributed by atoms with Gasteiger partial charge in [0.2, 0.25) is 0 Å². The van der Waals surface area contributed by atoms with Crippen molar-refractivity contribution in [3.8, 4) is 0 Å². The lowest BCUT2D eigenvalue weighted by Gasteiger charge is -2.22. The van der Waals surface area contributed by atoms with Crippen LogP contribution in [0.5, 0.6) is 0 Å². The van der Waals surface area contributed by atoms with E-state index in [1.54, 1.807) is 18.2 Å². The Morgan fingerprint density at radius 2 is 2.40 bits per heavy atom. The number of aliphatic carboxylic acids is 1. The monoisotopic (exact) mass is 311 g/mol. The molecule has 1 atom stereocenters. The quantitative estimate of drug-likeness (QED) is 0.666. The van der Waals surface area contributed by atoms with Crippen LogP contribution in [0.1, 0.15) is 25.5 Å². The van der Waals surface area contributed by atoms with Gasteiger partial charge in [-0.15, -0.1) is 0 Å². The van der Waals surface area contributed by atoms with Crippen LogP contribution in [0.15, 0.2) is 27.7 Å². The highest BCUT2D eigenvalue weighted by Gasteiger charge is 2.40. The van der Waals surface area contributed by atoms with Crippen LogP contribution in [0.25, 0.3) is 6.08 Å². The maximum Gasteiger partial charge on any atom is 0.326 e. The molecule has 1 aromatic heterocycles. The summed E-state index contributed by atoms with van der Waals surface area (Å²) in [6.45, 7) is 1.87. The van der Waals surface area contributed by atoms with Crippen molar-refractivity contribution in [3.05, 3.63) is 29.1 Å². The van der Waals surface area contributed by atoms with E-state index in [4.69, 9.17) is 16.6 Å². The third kappa shape index (κ3) is 2.94. The molecule has 5 nitrogen and oxygen atoms in total. The summed E-state index contributed by atoms with van der Waals surface area (Å²) >= 11 is 6.23. The van der Waals surface area contributed by atoms with E-state index in [1.807, 2.05) is 6.92 Å². The molecule has 0 radical (unpaired) electrons. The second-order valence-corrected chi connectivity index (χ2v) is 5.89. The number of hydrogen-bond donors (Lipinski definition) is 1. The fraction of sp³-hybridized carbons (Fsp3) is 0.308. The number of furan rings is 1. The largest absolute Gasteiger partial charge is 0.480 e. The van der Waals surface area contributed by atoms with Crippen molar-refractivity contribution < 1.29 is 19.1 Å². The molecule has 2 heterocycles. The van der Waals surface area contributed by atoms with Crippen LogP contribution < -0.4 is 0 Å². The Hall–Kier alpha value is -1.60. The molecular weight excluding hydrogens is 298 g/mol. The molecule has 1 fully saturated rings. The number of thioether (sulfide) groups is 1. The summed E-state index contributed by atoms with van der Waals surface area (Å²) in [5.74, 6) is -0.882. The predicted octanol–water partition coefficient (Wildman–Crippen LogP) is 2.73. The highest BCUT2D eigenvalue weighted by Crippen LogP contribution is 2.34. The molecule has 0 saturated carbocycles. The van der Waals surface area contributed by atoms with Crippen LogP contribution in [-0.4, -0.2) is 32.2 Å². The van der Waals surface area contributed by atoms with E-state index in [2.05, 4.69) is 0 Å². The van der Waals surface area contributed by atoms with E-state index in [0.717, 1.165) is 11.8 Å². The second-order valence-electron chi connectivity index (χ2n) is 4.21. The molecule has 1 aliphatic rings. The summed E-state index contributed by atoms with van der Waals surface area (Å²) < 4.78 is 5.42. The van der Waals surface area contributed by atoms with Crippen LogP contribution in [0.3, 0.4) is 0 Å². The third-order valence-electron chi connectivity index (χ3n) is 2.80. The minimum atomic E-state index is -1.04. The number of carboxylic acid groups (broad SMARTS) is 1. The van der Waals surface area contributed by atoms with Gasteiger partial charge in [-0.05, 0) is 18.6 Å². The van der Waals surface area contributed by atoms with E-state index < -0.39 is 12.0 Å². The van der Waals surface area contributed by atoms with Gasteiger partial charge in [-0.1, -0.05) is 37.3 Å². The zero-order valence-corrected chi connectivity index (χ0v) is 12.4. The van der Waals surface area contributed by atoms with Gasteiger partial charge in [-0.3, -0.25) is 9.69 Å².